The summed E-state index contributed by atoms with van der Waals surface area (Å²) in [6.07, 6.45) is 6.49. The summed E-state index contributed by atoms with van der Waals surface area (Å²) in [5.74, 6) is -0.449. The van der Waals surface area contributed by atoms with Crippen molar-refractivity contribution in [1.82, 2.24) is 4.90 Å². The number of hydrogen-bond acceptors (Lipinski definition) is 1. The van der Waals surface area contributed by atoms with E-state index in [1.54, 1.807) is 0 Å². The van der Waals surface area contributed by atoms with Crippen molar-refractivity contribution < 1.29 is 13.6 Å². The van der Waals surface area contributed by atoms with Crippen molar-refractivity contribution in [3.05, 3.63) is 35.4 Å². The van der Waals surface area contributed by atoms with Crippen LogP contribution < -0.4 is 0 Å². The first-order chi connectivity index (χ1) is 11.3. The Bertz CT molecular complexity index is 559. The van der Waals surface area contributed by atoms with E-state index in [4.69, 9.17) is 0 Å². The van der Waals surface area contributed by atoms with E-state index in [9.17, 15) is 13.6 Å². The minimum atomic E-state index is -0.568. The van der Waals surface area contributed by atoms with E-state index in [0.29, 0.717) is 24.4 Å². The highest BCUT2D eigenvalue weighted by Gasteiger charge is 2.29. The molecule has 134 valence electrons. The molecule has 0 heterocycles. The molecule has 1 fully saturated rings. The zero-order chi connectivity index (χ0) is 17.7. The first-order valence-corrected chi connectivity index (χ1v) is 9.00. The highest BCUT2D eigenvalue weighted by Crippen LogP contribution is 2.27. The zero-order valence-corrected chi connectivity index (χ0v) is 15.1. The van der Waals surface area contributed by atoms with Crippen LogP contribution in [0.25, 0.3) is 0 Å². The van der Waals surface area contributed by atoms with Crippen molar-refractivity contribution in [3.63, 3.8) is 0 Å². The predicted molar refractivity (Wildman–Crippen MR) is 92.7 cm³/mol. The van der Waals surface area contributed by atoms with Gasteiger partial charge in [0, 0.05) is 24.6 Å². The summed E-state index contributed by atoms with van der Waals surface area (Å²) >= 11 is 0. The molecule has 1 aromatic rings. The van der Waals surface area contributed by atoms with Crippen molar-refractivity contribution >= 4 is 5.91 Å². The third kappa shape index (κ3) is 5.29. The second kappa shape index (κ2) is 8.09. The Kier molecular flexibility index (Phi) is 6.36. The molecule has 4 heteroatoms. The number of hydrogen-bond donors (Lipinski definition) is 0. The van der Waals surface area contributed by atoms with Crippen LogP contribution >= 0.6 is 0 Å². The third-order valence-corrected chi connectivity index (χ3v) is 4.80. The maximum atomic E-state index is 13.9. The van der Waals surface area contributed by atoms with Crippen LogP contribution in [0.5, 0.6) is 0 Å². The van der Waals surface area contributed by atoms with Crippen molar-refractivity contribution in [3.8, 4) is 0 Å². The van der Waals surface area contributed by atoms with Gasteiger partial charge >= 0.3 is 0 Å². The molecular formula is C20H29F2NO. The van der Waals surface area contributed by atoms with Crippen LogP contribution in [0.3, 0.4) is 0 Å². The fourth-order valence-electron chi connectivity index (χ4n) is 3.41. The lowest BCUT2D eigenvalue weighted by Crippen LogP contribution is -2.43. The summed E-state index contributed by atoms with van der Waals surface area (Å²) in [7, 11) is 0. The smallest absolute Gasteiger partial charge is 0.227 e. The molecule has 1 saturated carbocycles. The van der Waals surface area contributed by atoms with Gasteiger partial charge < -0.3 is 4.90 Å². The van der Waals surface area contributed by atoms with Gasteiger partial charge in [0.05, 0.1) is 0 Å². The monoisotopic (exact) mass is 337 g/mol. The molecule has 1 aliphatic carbocycles. The van der Waals surface area contributed by atoms with Crippen LogP contribution in [0.4, 0.5) is 8.78 Å². The van der Waals surface area contributed by atoms with Crippen LogP contribution in [-0.4, -0.2) is 23.9 Å². The number of carbonyl (C=O) groups is 1. The third-order valence-electron chi connectivity index (χ3n) is 4.80. The quantitative estimate of drug-likeness (QED) is 0.743. The zero-order valence-electron chi connectivity index (χ0n) is 15.1. The average molecular weight is 337 g/mol. The van der Waals surface area contributed by atoms with E-state index in [2.05, 4.69) is 0 Å². The summed E-state index contributed by atoms with van der Waals surface area (Å²) in [4.78, 5) is 14.7. The molecule has 1 aromatic carbocycles. The van der Waals surface area contributed by atoms with Crippen molar-refractivity contribution in [2.45, 2.75) is 59.3 Å². The van der Waals surface area contributed by atoms with Gasteiger partial charge in [0.15, 0.2) is 0 Å². The van der Waals surface area contributed by atoms with Crippen LogP contribution in [0.1, 0.15) is 58.4 Å². The Hall–Kier alpha value is -1.45. The molecule has 0 saturated heterocycles. The number of rotatable bonds is 5. The van der Waals surface area contributed by atoms with E-state index in [-0.39, 0.29) is 5.91 Å². The van der Waals surface area contributed by atoms with Crippen molar-refractivity contribution in [2.75, 3.05) is 13.1 Å². The Morgan fingerprint density at radius 1 is 1.17 bits per heavy atom. The lowest BCUT2D eigenvalue weighted by atomic mass is 9.87. The van der Waals surface area contributed by atoms with Gasteiger partial charge in [0.25, 0.3) is 0 Å². The molecule has 1 aliphatic rings. The molecule has 0 bridgehead atoms. The minimum Gasteiger partial charge on any atom is -0.342 e. The van der Waals surface area contributed by atoms with Crippen LogP contribution in [-0.2, 0) is 11.2 Å². The average Bonchev–Trinajstić information content (AvgIpc) is 2.52. The van der Waals surface area contributed by atoms with Gasteiger partial charge in [-0.25, -0.2) is 8.78 Å². The molecule has 2 nitrogen and oxygen atoms in total. The van der Waals surface area contributed by atoms with Gasteiger partial charge in [0.1, 0.15) is 11.6 Å². The Balaban J connectivity index is 2.05. The van der Waals surface area contributed by atoms with Gasteiger partial charge in [-0.15, -0.1) is 0 Å². The summed E-state index contributed by atoms with van der Waals surface area (Å²) in [6, 6.07) is 3.66. The van der Waals surface area contributed by atoms with Crippen LogP contribution in [0.2, 0.25) is 0 Å². The van der Waals surface area contributed by atoms with Gasteiger partial charge in [0.2, 0.25) is 5.91 Å². The van der Waals surface area contributed by atoms with Gasteiger partial charge in [-0.3, -0.25) is 4.79 Å². The molecule has 24 heavy (non-hydrogen) atoms. The number of halogens is 2. The summed E-state index contributed by atoms with van der Waals surface area (Å²) in [5, 5.41) is 0. The topological polar surface area (TPSA) is 20.3 Å². The Labute approximate surface area is 144 Å². The van der Waals surface area contributed by atoms with Crippen molar-refractivity contribution in [1.29, 1.82) is 0 Å². The van der Waals surface area contributed by atoms with Gasteiger partial charge in [-0.05, 0) is 36.8 Å². The maximum absolute atomic E-state index is 13.9. The van der Waals surface area contributed by atoms with E-state index >= 15 is 0 Å². The molecule has 0 unspecified atom stereocenters. The molecule has 0 radical (unpaired) electrons. The maximum Gasteiger partial charge on any atom is 0.227 e. The van der Waals surface area contributed by atoms with Crippen molar-refractivity contribution in [2.24, 2.45) is 11.3 Å². The molecule has 0 atom stereocenters. The molecule has 0 N–H and O–H groups in total. The van der Waals surface area contributed by atoms with E-state index in [1.807, 2.05) is 25.7 Å². The minimum absolute atomic E-state index is 0.107. The van der Waals surface area contributed by atoms with Crippen LogP contribution in [0.15, 0.2) is 18.2 Å². The molecular weight excluding hydrogens is 308 g/mol. The molecule has 0 spiro atoms. The summed E-state index contributed by atoms with van der Waals surface area (Å²) < 4.78 is 26.9. The normalized spacial score (nSPS) is 16.2. The van der Waals surface area contributed by atoms with Gasteiger partial charge in [-0.2, -0.15) is 0 Å². The number of benzene rings is 1. The largest absolute Gasteiger partial charge is 0.342 e. The molecule has 2 rings (SSSR count). The number of amides is 1. The van der Waals surface area contributed by atoms with E-state index < -0.39 is 17.0 Å². The lowest BCUT2D eigenvalue weighted by Gasteiger charge is -2.34. The van der Waals surface area contributed by atoms with E-state index in [0.717, 1.165) is 12.6 Å². The SMILES string of the molecule is CC(C)(C)C(=O)N(CCc1ccc(F)cc1F)CC1CCCCC1. The van der Waals surface area contributed by atoms with E-state index in [1.165, 1.54) is 44.2 Å². The molecule has 0 aromatic heterocycles. The Morgan fingerprint density at radius 2 is 1.83 bits per heavy atom. The first kappa shape index (κ1) is 18.9. The first-order valence-electron chi connectivity index (χ1n) is 9.00. The predicted octanol–water partition coefficient (Wildman–Crippen LogP) is 4.96. The van der Waals surface area contributed by atoms with Crippen LogP contribution in [0, 0.1) is 23.0 Å². The standard InChI is InChI=1S/C20H29F2NO/c1-20(2,3)19(24)23(14-15-7-5-4-6-8-15)12-11-16-9-10-17(21)13-18(16)22/h9-10,13,15H,4-8,11-12,14H2,1-3H3. The molecule has 1 amide bonds. The fraction of sp³-hybridized carbons (Fsp3) is 0.650. The van der Waals surface area contributed by atoms with Gasteiger partial charge in [-0.1, -0.05) is 46.1 Å². The molecule has 0 aliphatic heterocycles. The fourth-order valence-corrected chi connectivity index (χ4v) is 3.41. The summed E-state index contributed by atoms with van der Waals surface area (Å²) in [5.41, 5.74) is 0.0162. The summed E-state index contributed by atoms with van der Waals surface area (Å²) in [6.45, 7) is 6.99. The lowest BCUT2D eigenvalue weighted by molar-refractivity contribution is -0.140. The number of nitrogens with zero attached hydrogens (tertiary/aromatic N) is 1. The second-order valence-electron chi connectivity index (χ2n) is 7.99. The highest BCUT2D eigenvalue weighted by molar-refractivity contribution is 5.81. The number of carbonyl (C=O) groups excluding carboxylic acids is 1. The highest BCUT2D eigenvalue weighted by atomic mass is 19.1. The second-order valence-corrected chi connectivity index (χ2v) is 7.99. The Morgan fingerprint density at radius 3 is 2.42 bits per heavy atom.